The summed E-state index contributed by atoms with van der Waals surface area (Å²) < 4.78 is 5.22. The van der Waals surface area contributed by atoms with Crippen molar-refractivity contribution in [2.24, 2.45) is 0 Å². The van der Waals surface area contributed by atoms with Crippen LogP contribution in [0.3, 0.4) is 0 Å². The van der Waals surface area contributed by atoms with Gasteiger partial charge in [0.15, 0.2) is 5.78 Å². The average Bonchev–Trinajstić information content (AvgIpc) is 2.19. The molecule has 0 aromatic heterocycles. The highest BCUT2D eigenvalue weighted by Gasteiger charge is 2.07. The van der Waals surface area contributed by atoms with Gasteiger partial charge in [0.1, 0.15) is 0 Å². The molecule has 0 aliphatic carbocycles. The molecule has 0 radical (unpaired) electrons. The van der Waals surface area contributed by atoms with Crippen molar-refractivity contribution < 1.29 is 9.53 Å². The molecule has 78 valence electrons. The molecule has 3 nitrogen and oxygen atoms in total. The molecule has 0 amide bonds. The fraction of sp³-hybridized carbons (Fsp3) is 0.545. The van der Waals surface area contributed by atoms with E-state index in [9.17, 15) is 4.79 Å². The molecule has 0 saturated carbocycles. The lowest BCUT2D eigenvalue weighted by Gasteiger charge is -2.24. The van der Waals surface area contributed by atoms with E-state index in [2.05, 4.69) is 11.5 Å². The van der Waals surface area contributed by atoms with Gasteiger partial charge in [0.05, 0.1) is 13.2 Å². The molecule has 0 atom stereocenters. The Balaban J connectivity index is 2.24. The zero-order valence-corrected chi connectivity index (χ0v) is 8.66. The molecule has 3 heteroatoms. The van der Waals surface area contributed by atoms with Gasteiger partial charge in [-0.2, -0.15) is 0 Å². The highest BCUT2D eigenvalue weighted by Crippen LogP contribution is 1.97. The summed E-state index contributed by atoms with van der Waals surface area (Å²) in [5, 5.41) is 0. The van der Waals surface area contributed by atoms with Crippen LogP contribution in [0.5, 0.6) is 0 Å². The number of ether oxygens (including phenoxy) is 1. The zero-order valence-electron chi connectivity index (χ0n) is 8.66. The van der Waals surface area contributed by atoms with Gasteiger partial charge in [-0.1, -0.05) is 12.7 Å². The van der Waals surface area contributed by atoms with Crippen molar-refractivity contribution in [3.05, 3.63) is 24.3 Å². The summed E-state index contributed by atoms with van der Waals surface area (Å²) in [5.74, 6) is 0.0123. The van der Waals surface area contributed by atoms with Crippen LogP contribution in [-0.4, -0.2) is 43.5 Å². The third-order valence-corrected chi connectivity index (χ3v) is 2.16. The summed E-state index contributed by atoms with van der Waals surface area (Å²) in [6, 6.07) is 0. The second-order valence-corrected chi connectivity index (χ2v) is 3.46. The first-order valence-electron chi connectivity index (χ1n) is 4.86. The van der Waals surface area contributed by atoms with Crippen LogP contribution >= 0.6 is 0 Å². The number of morpholine rings is 1. The standard InChI is InChI=1S/C11H17NO2/c1-10(2)11(13)4-3-5-12-6-8-14-9-7-12/h3-4H,1,5-9H2,2H3/b4-3+. The maximum Gasteiger partial charge on any atom is 0.180 e. The SMILES string of the molecule is C=C(C)C(=O)/C=C/CN1CCOCC1. The smallest absolute Gasteiger partial charge is 0.180 e. The van der Waals surface area contributed by atoms with E-state index < -0.39 is 0 Å². The van der Waals surface area contributed by atoms with Gasteiger partial charge in [-0.3, -0.25) is 9.69 Å². The number of carbonyl (C=O) groups is 1. The van der Waals surface area contributed by atoms with Crippen LogP contribution in [0.15, 0.2) is 24.3 Å². The van der Waals surface area contributed by atoms with Gasteiger partial charge in [-0.15, -0.1) is 0 Å². The normalized spacial score (nSPS) is 18.6. The molecule has 1 rings (SSSR count). The Morgan fingerprint density at radius 1 is 1.50 bits per heavy atom. The molecule has 1 fully saturated rings. The third-order valence-electron chi connectivity index (χ3n) is 2.16. The number of rotatable bonds is 4. The molecule has 0 aromatic rings. The van der Waals surface area contributed by atoms with Crippen molar-refractivity contribution in [3.63, 3.8) is 0 Å². The minimum Gasteiger partial charge on any atom is -0.379 e. The average molecular weight is 195 g/mol. The first-order valence-corrected chi connectivity index (χ1v) is 4.86. The second kappa shape index (κ2) is 5.73. The molecule has 0 bridgehead atoms. The predicted octanol–water partition coefficient (Wildman–Crippen LogP) is 1.02. The number of hydrogen-bond acceptors (Lipinski definition) is 3. The monoisotopic (exact) mass is 195 g/mol. The number of allylic oxidation sites excluding steroid dienone is 2. The molecule has 0 aromatic carbocycles. The van der Waals surface area contributed by atoms with Crippen LogP contribution < -0.4 is 0 Å². The van der Waals surface area contributed by atoms with Crippen molar-refractivity contribution in [1.82, 2.24) is 4.90 Å². The Morgan fingerprint density at radius 2 is 2.14 bits per heavy atom. The van der Waals surface area contributed by atoms with E-state index in [1.54, 1.807) is 13.0 Å². The number of ketones is 1. The van der Waals surface area contributed by atoms with Crippen molar-refractivity contribution in [3.8, 4) is 0 Å². The highest BCUT2D eigenvalue weighted by molar-refractivity contribution is 6.02. The molecular weight excluding hydrogens is 178 g/mol. The molecule has 0 spiro atoms. The van der Waals surface area contributed by atoms with E-state index in [-0.39, 0.29) is 5.78 Å². The Labute approximate surface area is 85.0 Å². The Kier molecular flexibility index (Phi) is 4.56. The Hall–Kier alpha value is -0.930. The fourth-order valence-corrected chi connectivity index (χ4v) is 1.23. The Bertz CT molecular complexity index is 240. The van der Waals surface area contributed by atoms with Gasteiger partial charge < -0.3 is 4.74 Å². The van der Waals surface area contributed by atoms with Crippen LogP contribution in [0, 0.1) is 0 Å². The highest BCUT2D eigenvalue weighted by atomic mass is 16.5. The van der Waals surface area contributed by atoms with E-state index >= 15 is 0 Å². The van der Waals surface area contributed by atoms with E-state index in [1.165, 1.54) is 0 Å². The van der Waals surface area contributed by atoms with Crippen molar-refractivity contribution >= 4 is 5.78 Å². The minimum atomic E-state index is 0.0123. The minimum absolute atomic E-state index is 0.0123. The lowest BCUT2D eigenvalue weighted by atomic mass is 10.2. The molecule has 14 heavy (non-hydrogen) atoms. The molecule has 0 N–H and O–H groups in total. The van der Waals surface area contributed by atoms with Gasteiger partial charge in [-0.05, 0) is 18.6 Å². The topological polar surface area (TPSA) is 29.5 Å². The van der Waals surface area contributed by atoms with Crippen LogP contribution in [0.4, 0.5) is 0 Å². The van der Waals surface area contributed by atoms with Gasteiger partial charge in [0, 0.05) is 19.6 Å². The molecule has 1 aliphatic rings. The van der Waals surface area contributed by atoms with Gasteiger partial charge in [-0.25, -0.2) is 0 Å². The van der Waals surface area contributed by atoms with E-state index in [4.69, 9.17) is 4.74 Å². The summed E-state index contributed by atoms with van der Waals surface area (Å²) in [5.41, 5.74) is 0.586. The van der Waals surface area contributed by atoms with Crippen molar-refractivity contribution in [1.29, 1.82) is 0 Å². The second-order valence-electron chi connectivity index (χ2n) is 3.46. The molecular formula is C11H17NO2. The van der Waals surface area contributed by atoms with Crippen LogP contribution in [0.25, 0.3) is 0 Å². The maximum atomic E-state index is 11.2. The Morgan fingerprint density at radius 3 is 2.71 bits per heavy atom. The van der Waals surface area contributed by atoms with Gasteiger partial charge in [0.25, 0.3) is 0 Å². The summed E-state index contributed by atoms with van der Waals surface area (Å²) >= 11 is 0. The summed E-state index contributed by atoms with van der Waals surface area (Å²) in [6.45, 7) is 9.62. The maximum absolute atomic E-state index is 11.2. The quantitative estimate of drug-likeness (QED) is 0.627. The molecule has 1 aliphatic heterocycles. The van der Waals surface area contributed by atoms with Crippen molar-refractivity contribution in [2.75, 3.05) is 32.8 Å². The van der Waals surface area contributed by atoms with E-state index in [0.717, 1.165) is 32.8 Å². The molecule has 1 saturated heterocycles. The van der Waals surface area contributed by atoms with Crippen LogP contribution in [-0.2, 0) is 9.53 Å². The predicted molar refractivity (Wildman–Crippen MR) is 56.2 cm³/mol. The lowest BCUT2D eigenvalue weighted by molar-refractivity contribution is -0.111. The molecule has 0 unspecified atom stereocenters. The van der Waals surface area contributed by atoms with Crippen molar-refractivity contribution in [2.45, 2.75) is 6.92 Å². The largest absolute Gasteiger partial charge is 0.379 e. The first kappa shape index (κ1) is 11.1. The number of hydrogen-bond donors (Lipinski definition) is 0. The molecule has 1 heterocycles. The fourth-order valence-electron chi connectivity index (χ4n) is 1.23. The zero-order chi connectivity index (χ0) is 10.4. The summed E-state index contributed by atoms with van der Waals surface area (Å²) in [7, 11) is 0. The summed E-state index contributed by atoms with van der Waals surface area (Å²) in [4.78, 5) is 13.4. The number of carbonyl (C=O) groups excluding carboxylic acids is 1. The van der Waals surface area contributed by atoms with Crippen LogP contribution in [0.2, 0.25) is 0 Å². The van der Waals surface area contributed by atoms with Crippen LogP contribution in [0.1, 0.15) is 6.92 Å². The van der Waals surface area contributed by atoms with E-state index in [0.29, 0.717) is 5.57 Å². The van der Waals surface area contributed by atoms with Gasteiger partial charge in [0.2, 0.25) is 0 Å². The summed E-state index contributed by atoms with van der Waals surface area (Å²) in [6.07, 6.45) is 3.49. The van der Waals surface area contributed by atoms with Gasteiger partial charge >= 0.3 is 0 Å². The third kappa shape index (κ3) is 3.85. The number of nitrogens with zero attached hydrogens (tertiary/aromatic N) is 1. The lowest BCUT2D eigenvalue weighted by Crippen LogP contribution is -2.36. The van der Waals surface area contributed by atoms with E-state index in [1.807, 2.05) is 6.08 Å². The first-order chi connectivity index (χ1) is 6.70.